The van der Waals surface area contributed by atoms with Gasteiger partial charge in [-0.3, -0.25) is 4.79 Å². The minimum atomic E-state index is -0.752. The van der Waals surface area contributed by atoms with Gasteiger partial charge in [0.1, 0.15) is 6.54 Å². The van der Waals surface area contributed by atoms with Gasteiger partial charge in [0, 0.05) is 12.2 Å². The lowest BCUT2D eigenvalue weighted by Crippen LogP contribution is -2.34. The van der Waals surface area contributed by atoms with Crippen molar-refractivity contribution in [2.75, 3.05) is 18.0 Å². The van der Waals surface area contributed by atoms with Crippen LogP contribution in [0.15, 0.2) is 30.3 Å². The first-order valence-corrected chi connectivity index (χ1v) is 7.27. The van der Waals surface area contributed by atoms with Crippen molar-refractivity contribution in [3.05, 3.63) is 30.3 Å². The number of carbonyl (C=O) groups is 1. The van der Waals surface area contributed by atoms with Crippen LogP contribution >= 0.6 is 0 Å². The average Bonchev–Trinajstić information content (AvgIpc) is 2.67. The van der Waals surface area contributed by atoms with Crippen LogP contribution in [0.25, 0.3) is 0 Å². The van der Waals surface area contributed by atoms with Gasteiger partial charge in [-0.25, -0.2) is 0 Å². The zero-order valence-corrected chi connectivity index (χ0v) is 11.4. The minimum Gasteiger partial charge on any atom is -0.480 e. The Balaban J connectivity index is 2.02. The van der Waals surface area contributed by atoms with Gasteiger partial charge in [0.2, 0.25) is 0 Å². The maximum absolute atomic E-state index is 11.1. The molecule has 19 heavy (non-hydrogen) atoms. The monoisotopic (exact) mass is 261 g/mol. The van der Waals surface area contributed by atoms with Crippen LogP contribution in [0.3, 0.4) is 0 Å². The molecule has 1 aromatic rings. The van der Waals surface area contributed by atoms with Crippen molar-refractivity contribution in [2.24, 2.45) is 5.92 Å². The van der Waals surface area contributed by atoms with Crippen LogP contribution in [0, 0.1) is 5.92 Å². The fourth-order valence-corrected chi connectivity index (χ4v) is 2.92. The summed E-state index contributed by atoms with van der Waals surface area (Å²) in [5.74, 6) is -0.112. The third-order valence-corrected chi connectivity index (χ3v) is 3.90. The molecule has 0 unspecified atom stereocenters. The highest BCUT2D eigenvalue weighted by atomic mass is 16.4. The zero-order valence-electron chi connectivity index (χ0n) is 11.4. The number of hydrogen-bond donors (Lipinski definition) is 1. The molecule has 0 spiro atoms. The fourth-order valence-electron chi connectivity index (χ4n) is 2.92. The third kappa shape index (κ3) is 4.58. The number of hydrogen-bond acceptors (Lipinski definition) is 2. The van der Waals surface area contributed by atoms with Gasteiger partial charge in [-0.15, -0.1) is 0 Å². The summed E-state index contributed by atoms with van der Waals surface area (Å²) in [5.41, 5.74) is 1.02. The van der Waals surface area contributed by atoms with Crippen molar-refractivity contribution in [1.82, 2.24) is 0 Å². The maximum atomic E-state index is 11.1. The van der Waals surface area contributed by atoms with Crippen LogP contribution in [0.5, 0.6) is 0 Å². The normalized spacial score (nSPS) is 16.8. The summed E-state index contributed by atoms with van der Waals surface area (Å²) in [7, 11) is 0. The molecular weight excluding hydrogens is 238 g/mol. The first-order chi connectivity index (χ1) is 9.25. The van der Waals surface area contributed by atoms with Crippen LogP contribution in [0.4, 0.5) is 5.69 Å². The molecule has 0 radical (unpaired) electrons. The maximum Gasteiger partial charge on any atom is 0.323 e. The lowest BCUT2D eigenvalue weighted by atomic mass is 9.99. The molecule has 1 fully saturated rings. The van der Waals surface area contributed by atoms with E-state index in [0.29, 0.717) is 5.92 Å². The summed E-state index contributed by atoms with van der Waals surface area (Å²) >= 11 is 0. The van der Waals surface area contributed by atoms with Gasteiger partial charge in [-0.1, -0.05) is 43.9 Å². The average molecular weight is 261 g/mol. The molecule has 1 aliphatic carbocycles. The number of anilines is 1. The summed E-state index contributed by atoms with van der Waals surface area (Å²) in [4.78, 5) is 13.1. The molecule has 1 saturated carbocycles. The number of aliphatic carboxylic acids is 1. The number of carboxylic acids is 1. The Bertz CT molecular complexity index is 383. The van der Waals surface area contributed by atoms with Crippen molar-refractivity contribution in [2.45, 2.75) is 38.5 Å². The number of nitrogens with zero attached hydrogens (tertiary/aromatic N) is 1. The third-order valence-electron chi connectivity index (χ3n) is 3.90. The molecule has 104 valence electrons. The van der Waals surface area contributed by atoms with E-state index in [1.807, 2.05) is 35.2 Å². The molecule has 3 nitrogen and oxygen atoms in total. The number of rotatable bonds is 5. The van der Waals surface area contributed by atoms with E-state index in [4.69, 9.17) is 5.11 Å². The van der Waals surface area contributed by atoms with Crippen molar-refractivity contribution >= 4 is 11.7 Å². The van der Waals surface area contributed by atoms with Crippen LogP contribution in [0.2, 0.25) is 0 Å². The molecule has 2 rings (SSSR count). The lowest BCUT2D eigenvalue weighted by Gasteiger charge is -2.27. The van der Waals surface area contributed by atoms with E-state index >= 15 is 0 Å². The molecule has 1 N–H and O–H groups in total. The Morgan fingerprint density at radius 3 is 2.32 bits per heavy atom. The molecule has 0 aromatic heterocycles. The largest absolute Gasteiger partial charge is 0.480 e. The van der Waals surface area contributed by atoms with E-state index < -0.39 is 5.97 Å². The quantitative estimate of drug-likeness (QED) is 0.824. The predicted octanol–water partition coefficient (Wildman–Crippen LogP) is 3.55. The van der Waals surface area contributed by atoms with Gasteiger partial charge in [-0.05, 0) is 30.9 Å². The van der Waals surface area contributed by atoms with Crippen molar-refractivity contribution < 1.29 is 9.90 Å². The Morgan fingerprint density at radius 1 is 1.11 bits per heavy atom. The van der Waals surface area contributed by atoms with Gasteiger partial charge in [0.25, 0.3) is 0 Å². The standard InChI is InChI=1S/C16H23NO2/c18-16(19)13-17(15-10-6-3-7-11-15)12-14-8-4-1-2-5-9-14/h3,6-7,10-11,14H,1-2,4-5,8-9,12-13H2,(H,18,19). The molecule has 0 amide bonds. The molecular formula is C16H23NO2. The fraction of sp³-hybridized carbons (Fsp3) is 0.562. The second-order valence-electron chi connectivity index (χ2n) is 5.47. The molecule has 1 aromatic carbocycles. The molecule has 0 atom stereocenters. The lowest BCUT2D eigenvalue weighted by molar-refractivity contribution is -0.135. The van der Waals surface area contributed by atoms with Crippen LogP contribution in [-0.2, 0) is 4.79 Å². The number of para-hydroxylation sites is 1. The highest BCUT2D eigenvalue weighted by Gasteiger charge is 2.18. The smallest absolute Gasteiger partial charge is 0.323 e. The first kappa shape index (κ1) is 13.9. The summed E-state index contributed by atoms with van der Waals surface area (Å²) in [6, 6.07) is 9.90. The second kappa shape index (κ2) is 7.17. The first-order valence-electron chi connectivity index (χ1n) is 7.27. The number of benzene rings is 1. The Kier molecular flexibility index (Phi) is 5.25. The topological polar surface area (TPSA) is 40.5 Å². The van der Waals surface area contributed by atoms with Gasteiger partial charge in [-0.2, -0.15) is 0 Å². The molecule has 0 bridgehead atoms. The van der Waals surface area contributed by atoms with E-state index in [-0.39, 0.29) is 6.54 Å². The summed E-state index contributed by atoms with van der Waals surface area (Å²) in [6.07, 6.45) is 7.73. The zero-order chi connectivity index (χ0) is 13.5. The van der Waals surface area contributed by atoms with Crippen LogP contribution in [-0.4, -0.2) is 24.2 Å². The van der Waals surface area contributed by atoms with Crippen LogP contribution in [0.1, 0.15) is 38.5 Å². The molecule has 0 aliphatic heterocycles. The highest BCUT2D eigenvalue weighted by molar-refractivity contribution is 5.73. The SMILES string of the molecule is O=C(O)CN(CC1CCCCCC1)c1ccccc1. The second-order valence-corrected chi connectivity index (χ2v) is 5.47. The Labute approximate surface area is 115 Å². The molecule has 0 heterocycles. The van der Waals surface area contributed by atoms with Gasteiger partial charge >= 0.3 is 5.97 Å². The van der Waals surface area contributed by atoms with Gasteiger partial charge in [0.15, 0.2) is 0 Å². The van der Waals surface area contributed by atoms with Crippen molar-refractivity contribution in [3.8, 4) is 0 Å². The van der Waals surface area contributed by atoms with E-state index in [1.165, 1.54) is 38.5 Å². The molecule has 3 heteroatoms. The molecule has 1 aliphatic rings. The van der Waals surface area contributed by atoms with Crippen molar-refractivity contribution in [1.29, 1.82) is 0 Å². The van der Waals surface area contributed by atoms with Crippen LogP contribution < -0.4 is 4.90 Å². The summed E-state index contributed by atoms with van der Waals surface area (Å²) in [6.45, 7) is 0.969. The van der Waals surface area contributed by atoms with E-state index in [2.05, 4.69) is 0 Å². The minimum absolute atomic E-state index is 0.0977. The summed E-state index contributed by atoms with van der Waals surface area (Å²) < 4.78 is 0. The Morgan fingerprint density at radius 2 is 1.74 bits per heavy atom. The summed E-state index contributed by atoms with van der Waals surface area (Å²) in [5, 5.41) is 9.09. The highest BCUT2D eigenvalue weighted by Crippen LogP contribution is 2.25. The van der Waals surface area contributed by atoms with E-state index in [9.17, 15) is 4.79 Å². The van der Waals surface area contributed by atoms with Crippen molar-refractivity contribution in [3.63, 3.8) is 0 Å². The van der Waals surface area contributed by atoms with Gasteiger partial charge < -0.3 is 10.0 Å². The van der Waals surface area contributed by atoms with Gasteiger partial charge in [0.05, 0.1) is 0 Å². The Hall–Kier alpha value is -1.51. The van der Waals surface area contributed by atoms with E-state index in [1.54, 1.807) is 0 Å². The predicted molar refractivity (Wildman–Crippen MR) is 77.5 cm³/mol. The number of carboxylic acid groups (broad SMARTS) is 1. The van der Waals surface area contributed by atoms with E-state index in [0.717, 1.165) is 12.2 Å². The molecule has 0 saturated heterocycles.